The maximum Gasteiger partial charge on any atom is 0.144 e. The summed E-state index contributed by atoms with van der Waals surface area (Å²) in [5, 5.41) is 3.26. The molecule has 0 atom stereocenters. The minimum absolute atomic E-state index is 0.645. The van der Waals surface area contributed by atoms with Crippen LogP contribution in [0, 0.1) is 0 Å². The Hall–Kier alpha value is -0.580. The number of benzene rings is 1. The van der Waals surface area contributed by atoms with Gasteiger partial charge in [0, 0.05) is 22.2 Å². The molecule has 1 aromatic carbocycles. The summed E-state index contributed by atoms with van der Waals surface area (Å²) < 4.78 is 1.86. The summed E-state index contributed by atoms with van der Waals surface area (Å²) in [5.41, 5.74) is 2.24. The number of rotatable bonds is 4. The highest BCUT2D eigenvalue weighted by molar-refractivity contribution is 9.11. The average molecular weight is 391 g/mol. The summed E-state index contributed by atoms with van der Waals surface area (Å²) >= 11 is 12.6. The lowest BCUT2D eigenvalue weighted by Crippen LogP contribution is -1.95. The van der Waals surface area contributed by atoms with Crippen molar-refractivity contribution in [1.29, 1.82) is 0 Å². The molecule has 2 aromatic rings. The highest BCUT2D eigenvalue weighted by Gasteiger charge is 2.02. The molecule has 0 spiro atoms. The van der Waals surface area contributed by atoms with Gasteiger partial charge in [-0.3, -0.25) is 0 Å². The van der Waals surface area contributed by atoms with E-state index in [-0.39, 0.29) is 0 Å². The smallest absolute Gasteiger partial charge is 0.144 e. The van der Waals surface area contributed by atoms with Crippen LogP contribution in [-0.2, 0) is 6.42 Å². The van der Waals surface area contributed by atoms with E-state index in [9.17, 15) is 0 Å². The van der Waals surface area contributed by atoms with E-state index in [0.29, 0.717) is 5.88 Å². The van der Waals surface area contributed by atoms with Crippen molar-refractivity contribution in [2.75, 3.05) is 11.2 Å². The first-order valence-corrected chi connectivity index (χ1v) is 7.54. The number of hydrogen-bond acceptors (Lipinski definition) is 2. The average Bonchev–Trinajstić information content (AvgIpc) is 2.35. The number of halogens is 3. The van der Waals surface area contributed by atoms with E-state index < -0.39 is 0 Å². The maximum atomic E-state index is 5.70. The van der Waals surface area contributed by atoms with Crippen molar-refractivity contribution in [2.45, 2.75) is 6.42 Å². The molecular formula is C13H11Br2ClN2. The Labute approximate surface area is 128 Å². The minimum Gasteiger partial charge on any atom is -0.339 e. The van der Waals surface area contributed by atoms with Crippen molar-refractivity contribution >= 4 is 55.0 Å². The summed E-state index contributed by atoms with van der Waals surface area (Å²) in [6.45, 7) is 0. The van der Waals surface area contributed by atoms with E-state index in [1.54, 1.807) is 6.20 Å². The summed E-state index contributed by atoms with van der Waals surface area (Å²) in [7, 11) is 0. The van der Waals surface area contributed by atoms with Crippen LogP contribution in [0.25, 0.3) is 0 Å². The van der Waals surface area contributed by atoms with Crippen molar-refractivity contribution in [3.8, 4) is 0 Å². The Bertz CT molecular complexity index is 529. The molecule has 0 fully saturated rings. The Kier molecular flexibility index (Phi) is 5.03. The normalized spacial score (nSPS) is 10.4. The van der Waals surface area contributed by atoms with Crippen LogP contribution < -0.4 is 5.32 Å². The van der Waals surface area contributed by atoms with Gasteiger partial charge < -0.3 is 5.32 Å². The van der Waals surface area contributed by atoms with E-state index >= 15 is 0 Å². The van der Waals surface area contributed by atoms with Gasteiger partial charge in [0.25, 0.3) is 0 Å². The van der Waals surface area contributed by atoms with Gasteiger partial charge in [0.15, 0.2) is 0 Å². The predicted octanol–water partition coefficient (Wildman–Crippen LogP) is 5.13. The third kappa shape index (κ3) is 3.70. The van der Waals surface area contributed by atoms with E-state index in [4.69, 9.17) is 11.6 Å². The quantitative estimate of drug-likeness (QED) is 0.732. The summed E-state index contributed by atoms with van der Waals surface area (Å²) in [5.74, 6) is 1.44. The van der Waals surface area contributed by atoms with Gasteiger partial charge in [-0.25, -0.2) is 4.98 Å². The number of aryl methyl sites for hydroxylation is 1. The Morgan fingerprint density at radius 2 is 1.89 bits per heavy atom. The first kappa shape index (κ1) is 13.8. The molecule has 1 N–H and O–H groups in total. The number of anilines is 2. The third-order valence-corrected chi connectivity index (χ3v) is 3.63. The summed E-state index contributed by atoms with van der Waals surface area (Å²) in [4.78, 5) is 4.31. The first-order chi connectivity index (χ1) is 8.69. The van der Waals surface area contributed by atoms with Crippen LogP contribution in [-0.4, -0.2) is 10.9 Å². The molecule has 0 amide bonds. The number of pyridine rings is 1. The SMILES string of the molecule is ClCCc1ccc(Nc2ncc(Br)cc2Br)cc1. The van der Waals surface area contributed by atoms with Crippen LogP contribution in [0.1, 0.15) is 5.56 Å². The molecule has 0 aliphatic heterocycles. The van der Waals surface area contributed by atoms with Gasteiger partial charge in [-0.05, 0) is 62.0 Å². The fraction of sp³-hybridized carbons (Fsp3) is 0.154. The molecule has 0 unspecified atom stereocenters. The second-order valence-corrected chi connectivity index (χ2v) is 5.89. The highest BCUT2D eigenvalue weighted by atomic mass is 79.9. The first-order valence-electron chi connectivity index (χ1n) is 5.42. The monoisotopic (exact) mass is 388 g/mol. The molecule has 0 aliphatic carbocycles. The molecular weight excluding hydrogens is 379 g/mol. The molecule has 0 bridgehead atoms. The summed E-state index contributed by atoms with van der Waals surface area (Å²) in [6.07, 6.45) is 2.65. The maximum absolute atomic E-state index is 5.70. The topological polar surface area (TPSA) is 24.9 Å². The van der Waals surface area contributed by atoms with Crippen LogP contribution >= 0.6 is 43.5 Å². The van der Waals surface area contributed by atoms with Gasteiger partial charge in [-0.15, -0.1) is 11.6 Å². The molecule has 94 valence electrons. The largest absolute Gasteiger partial charge is 0.339 e. The molecule has 18 heavy (non-hydrogen) atoms. The van der Waals surface area contributed by atoms with E-state index in [2.05, 4.69) is 54.3 Å². The van der Waals surface area contributed by atoms with Crippen LogP contribution in [0.5, 0.6) is 0 Å². The van der Waals surface area contributed by atoms with E-state index in [1.807, 2.05) is 18.2 Å². The zero-order valence-corrected chi connectivity index (χ0v) is 13.4. The van der Waals surface area contributed by atoms with Crippen LogP contribution in [0.2, 0.25) is 0 Å². The molecule has 0 radical (unpaired) electrons. The molecule has 0 saturated heterocycles. The highest BCUT2D eigenvalue weighted by Crippen LogP contribution is 2.26. The van der Waals surface area contributed by atoms with Crippen molar-refractivity contribution in [3.05, 3.63) is 51.0 Å². The number of nitrogens with one attached hydrogen (secondary N) is 1. The zero-order chi connectivity index (χ0) is 13.0. The van der Waals surface area contributed by atoms with Crippen LogP contribution in [0.4, 0.5) is 11.5 Å². The fourth-order valence-electron chi connectivity index (χ4n) is 1.51. The third-order valence-electron chi connectivity index (χ3n) is 2.41. The Balaban J connectivity index is 2.13. The lowest BCUT2D eigenvalue weighted by atomic mass is 10.1. The standard InChI is InChI=1S/C13H11Br2ClN2/c14-10-7-12(15)13(17-8-10)18-11-3-1-9(2-4-11)5-6-16/h1-4,7-8H,5-6H2,(H,17,18). The number of nitrogens with zero attached hydrogens (tertiary/aromatic N) is 1. The number of alkyl halides is 1. The van der Waals surface area contributed by atoms with Gasteiger partial charge in [0.05, 0.1) is 4.47 Å². The zero-order valence-electron chi connectivity index (χ0n) is 9.46. The minimum atomic E-state index is 0.645. The fourth-order valence-corrected chi connectivity index (χ4v) is 2.81. The number of hydrogen-bond donors (Lipinski definition) is 1. The lowest BCUT2D eigenvalue weighted by molar-refractivity contribution is 1.15. The molecule has 1 aromatic heterocycles. The second kappa shape index (κ2) is 6.55. The molecule has 5 heteroatoms. The van der Waals surface area contributed by atoms with Gasteiger partial charge in [-0.2, -0.15) is 0 Å². The van der Waals surface area contributed by atoms with Gasteiger partial charge in [0.2, 0.25) is 0 Å². The lowest BCUT2D eigenvalue weighted by Gasteiger charge is -2.08. The predicted molar refractivity (Wildman–Crippen MR) is 83.8 cm³/mol. The Morgan fingerprint density at radius 3 is 2.50 bits per heavy atom. The van der Waals surface area contributed by atoms with Crippen LogP contribution in [0.3, 0.4) is 0 Å². The molecule has 2 rings (SSSR count). The molecule has 0 aliphatic rings. The van der Waals surface area contributed by atoms with Gasteiger partial charge in [0.1, 0.15) is 5.82 Å². The van der Waals surface area contributed by atoms with Gasteiger partial charge in [-0.1, -0.05) is 12.1 Å². The number of aromatic nitrogens is 1. The van der Waals surface area contributed by atoms with Crippen molar-refractivity contribution in [2.24, 2.45) is 0 Å². The van der Waals surface area contributed by atoms with Crippen molar-refractivity contribution < 1.29 is 0 Å². The van der Waals surface area contributed by atoms with E-state index in [1.165, 1.54) is 5.56 Å². The molecule has 1 heterocycles. The Morgan fingerprint density at radius 1 is 1.17 bits per heavy atom. The second-order valence-electron chi connectivity index (χ2n) is 3.74. The molecule has 0 saturated carbocycles. The van der Waals surface area contributed by atoms with Crippen LogP contribution in [0.15, 0.2) is 45.5 Å². The van der Waals surface area contributed by atoms with Crippen molar-refractivity contribution in [3.63, 3.8) is 0 Å². The molecule has 2 nitrogen and oxygen atoms in total. The van der Waals surface area contributed by atoms with Crippen molar-refractivity contribution in [1.82, 2.24) is 4.98 Å². The van der Waals surface area contributed by atoms with Gasteiger partial charge >= 0.3 is 0 Å². The van der Waals surface area contributed by atoms with E-state index in [0.717, 1.165) is 26.9 Å². The summed E-state index contributed by atoms with van der Waals surface area (Å²) in [6, 6.07) is 10.1.